The molecule has 1 saturated heterocycles. The van der Waals surface area contributed by atoms with E-state index in [0.717, 1.165) is 68.2 Å². The number of amides is 2. The van der Waals surface area contributed by atoms with Crippen LogP contribution in [0.5, 0.6) is 0 Å². The maximum Gasteiger partial charge on any atom is 0.261 e. The van der Waals surface area contributed by atoms with Crippen LogP contribution in [0.3, 0.4) is 0 Å². The molecule has 2 aromatic heterocycles. The lowest BCUT2D eigenvalue weighted by Crippen LogP contribution is -2.44. The van der Waals surface area contributed by atoms with Gasteiger partial charge in [-0.1, -0.05) is 12.1 Å². The number of nitrogens with one attached hydrogen (secondary N) is 2. The van der Waals surface area contributed by atoms with E-state index in [2.05, 4.69) is 43.2 Å². The van der Waals surface area contributed by atoms with Crippen LogP contribution in [0.4, 0.5) is 5.69 Å². The summed E-state index contributed by atoms with van der Waals surface area (Å²) in [4.78, 5) is 43.4. The van der Waals surface area contributed by atoms with Crippen molar-refractivity contribution in [2.75, 3.05) is 51.2 Å². The topological polar surface area (TPSA) is 97.5 Å². The first-order chi connectivity index (χ1) is 16.1. The van der Waals surface area contributed by atoms with Crippen LogP contribution in [0.1, 0.15) is 39.4 Å². The van der Waals surface area contributed by atoms with Crippen molar-refractivity contribution < 1.29 is 9.59 Å². The molecule has 172 valence electrons. The Morgan fingerprint density at radius 1 is 1.00 bits per heavy atom. The molecular formula is C24H29N7O2. The molecule has 0 radical (unpaired) electrons. The number of imidazole rings is 1. The van der Waals surface area contributed by atoms with Crippen molar-refractivity contribution in [2.45, 2.75) is 19.4 Å². The Kier molecular flexibility index (Phi) is 6.06. The van der Waals surface area contributed by atoms with Gasteiger partial charge in [-0.25, -0.2) is 9.97 Å². The van der Waals surface area contributed by atoms with E-state index >= 15 is 0 Å². The quantitative estimate of drug-likeness (QED) is 0.402. The van der Waals surface area contributed by atoms with E-state index in [-0.39, 0.29) is 11.8 Å². The fraction of sp³-hybridized carbons (Fsp3) is 0.417. The van der Waals surface area contributed by atoms with Crippen LogP contribution in [-0.4, -0.2) is 82.9 Å². The number of pyridine rings is 1. The molecule has 1 fully saturated rings. The minimum Gasteiger partial charge on any atom is -0.367 e. The first-order valence-corrected chi connectivity index (χ1v) is 11.5. The van der Waals surface area contributed by atoms with Crippen LogP contribution >= 0.6 is 0 Å². The molecule has 5 rings (SSSR count). The Labute approximate surface area is 192 Å². The minimum atomic E-state index is -0.186. The molecule has 0 bridgehead atoms. The molecule has 3 aromatic rings. The third-order valence-corrected chi connectivity index (χ3v) is 6.42. The van der Waals surface area contributed by atoms with Crippen molar-refractivity contribution in [3.05, 3.63) is 53.5 Å². The first-order valence-electron chi connectivity index (χ1n) is 11.5. The van der Waals surface area contributed by atoms with Crippen molar-refractivity contribution in [1.82, 2.24) is 30.1 Å². The van der Waals surface area contributed by atoms with Crippen LogP contribution in [0.2, 0.25) is 0 Å². The summed E-state index contributed by atoms with van der Waals surface area (Å²) in [5.41, 5.74) is 3.91. The van der Waals surface area contributed by atoms with Gasteiger partial charge in [0.2, 0.25) is 0 Å². The summed E-state index contributed by atoms with van der Waals surface area (Å²) in [7, 11) is 2.15. The van der Waals surface area contributed by atoms with E-state index in [9.17, 15) is 9.59 Å². The van der Waals surface area contributed by atoms with Crippen molar-refractivity contribution in [3.8, 4) is 0 Å². The average Bonchev–Trinajstić information content (AvgIpc) is 3.36. The Balaban J connectivity index is 1.10. The third kappa shape index (κ3) is 4.34. The third-order valence-electron chi connectivity index (χ3n) is 6.42. The monoisotopic (exact) mass is 447 g/mol. The van der Waals surface area contributed by atoms with Crippen LogP contribution in [0.25, 0.3) is 11.2 Å². The molecule has 0 atom stereocenters. The van der Waals surface area contributed by atoms with Crippen LogP contribution in [-0.2, 0) is 6.54 Å². The van der Waals surface area contributed by atoms with Gasteiger partial charge in [0.05, 0.1) is 23.4 Å². The zero-order chi connectivity index (χ0) is 22.8. The zero-order valence-electron chi connectivity index (χ0n) is 18.9. The summed E-state index contributed by atoms with van der Waals surface area (Å²) in [6.07, 6.45) is 3.44. The molecule has 2 aliphatic rings. The highest BCUT2D eigenvalue weighted by molar-refractivity contribution is 6.21. The van der Waals surface area contributed by atoms with Gasteiger partial charge in [-0.3, -0.25) is 14.5 Å². The smallest absolute Gasteiger partial charge is 0.261 e. The van der Waals surface area contributed by atoms with Gasteiger partial charge in [0.1, 0.15) is 11.3 Å². The molecule has 2 amide bonds. The number of rotatable bonds is 8. The number of carbonyl (C=O) groups excluding carboxylic acids is 2. The maximum absolute atomic E-state index is 12.4. The number of likely N-dealkylation sites (N-methyl/N-ethyl adjacent to an activating group) is 1. The van der Waals surface area contributed by atoms with Gasteiger partial charge in [0.25, 0.3) is 11.8 Å². The second-order valence-electron chi connectivity index (χ2n) is 8.69. The van der Waals surface area contributed by atoms with E-state index in [1.807, 2.05) is 6.20 Å². The Hall–Kier alpha value is -3.30. The maximum atomic E-state index is 12.4. The van der Waals surface area contributed by atoms with Crippen LogP contribution in [0, 0.1) is 0 Å². The van der Waals surface area contributed by atoms with E-state index < -0.39 is 0 Å². The predicted octanol–water partition coefficient (Wildman–Crippen LogP) is 1.88. The number of aromatic nitrogens is 3. The normalized spacial score (nSPS) is 16.8. The van der Waals surface area contributed by atoms with E-state index in [1.54, 1.807) is 24.3 Å². The highest BCUT2D eigenvalue weighted by Gasteiger charge is 2.34. The summed E-state index contributed by atoms with van der Waals surface area (Å²) in [5.74, 6) is 0.489. The van der Waals surface area contributed by atoms with E-state index in [0.29, 0.717) is 24.2 Å². The lowest BCUT2D eigenvalue weighted by molar-refractivity contribution is 0.0651. The summed E-state index contributed by atoms with van der Waals surface area (Å²) >= 11 is 0. The molecule has 1 aromatic carbocycles. The van der Waals surface area contributed by atoms with Gasteiger partial charge in [-0.15, -0.1) is 0 Å². The van der Waals surface area contributed by atoms with Gasteiger partial charge >= 0.3 is 0 Å². The highest BCUT2D eigenvalue weighted by atomic mass is 16.2. The number of carbonyl (C=O) groups is 2. The second-order valence-corrected chi connectivity index (χ2v) is 8.69. The molecule has 4 heterocycles. The molecule has 2 aliphatic heterocycles. The van der Waals surface area contributed by atoms with Crippen LogP contribution in [0.15, 0.2) is 36.5 Å². The van der Waals surface area contributed by atoms with Gasteiger partial charge < -0.3 is 20.1 Å². The number of hydrogen-bond acceptors (Lipinski definition) is 7. The highest BCUT2D eigenvalue weighted by Crippen LogP contribution is 2.25. The molecule has 2 N–H and O–H groups in total. The fourth-order valence-corrected chi connectivity index (χ4v) is 4.51. The Morgan fingerprint density at radius 3 is 2.45 bits per heavy atom. The number of hydrogen-bond donors (Lipinski definition) is 2. The van der Waals surface area contributed by atoms with E-state index in [4.69, 9.17) is 0 Å². The zero-order valence-corrected chi connectivity index (χ0v) is 18.9. The number of fused-ring (bicyclic) bond motifs is 2. The number of unbranched alkanes of at least 4 members (excludes halogenated alkanes) is 1. The SMILES string of the molecule is CN1CCN(c2ccnc3nc(CNCCCCN4C(=O)c5ccccc5C4=O)[nH]c23)CC1. The number of H-pyrrole nitrogens is 1. The molecule has 9 heteroatoms. The predicted molar refractivity (Wildman–Crippen MR) is 126 cm³/mol. The minimum absolute atomic E-state index is 0.186. The van der Waals surface area contributed by atoms with Crippen molar-refractivity contribution in [2.24, 2.45) is 0 Å². The van der Waals surface area contributed by atoms with Crippen molar-refractivity contribution >= 4 is 28.7 Å². The van der Waals surface area contributed by atoms with Crippen LogP contribution < -0.4 is 10.2 Å². The van der Waals surface area contributed by atoms with Gasteiger partial charge in [0.15, 0.2) is 5.65 Å². The Bertz CT molecular complexity index is 1130. The number of benzene rings is 1. The van der Waals surface area contributed by atoms with Gasteiger partial charge in [0, 0.05) is 38.9 Å². The van der Waals surface area contributed by atoms with E-state index in [1.165, 1.54) is 4.90 Å². The summed E-state index contributed by atoms with van der Waals surface area (Å²) in [6, 6.07) is 9.07. The number of nitrogens with zero attached hydrogens (tertiary/aromatic N) is 5. The molecule has 9 nitrogen and oxygen atoms in total. The van der Waals surface area contributed by atoms with Gasteiger partial charge in [-0.2, -0.15) is 0 Å². The second kappa shape index (κ2) is 9.29. The number of anilines is 1. The Morgan fingerprint density at radius 2 is 1.73 bits per heavy atom. The molecular weight excluding hydrogens is 418 g/mol. The molecule has 0 saturated carbocycles. The standard InChI is InChI=1S/C24H29N7O2/c1-29-12-14-30(15-13-29)19-8-10-26-22-21(19)27-20(28-22)16-25-9-4-5-11-31-23(32)17-6-2-3-7-18(17)24(31)33/h2-3,6-8,10,25H,4-5,9,11-16H2,1H3,(H,26,27,28). The number of piperazine rings is 1. The van der Waals surface area contributed by atoms with Crippen molar-refractivity contribution in [3.63, 3.8) is 0 Å². The fourth-order valence-electron chi connectivity index (χ4n) is 4.51. The first kappa shape index (κ1) is 21.5. The molecule has 33 heavy (non-hydrogen) atoms. The lowest BCUT2D eigenvalue weighted by Gasteiger charge is -2.34. The molecule has 0 unspecified atom stereocenters. The van der Waals surface area contributed by atoms with Gasteiger partial charge in [-0.05, 0) is 44.6 Å². The molecule has 0 spiro atoms. The summed E-state index contributed by atoms with van der Waals surface area (Å²) in [5, 5.41) is 3.40. The van der Waals surface area contributed by atoms with Crippen molar-refractivity contribution in [1.29, 1.82) is 0 Å². The summed E-state index contributed by atoms with van der Waals surface area (Å²) in [6.45, 7) is 5.92. The number of aromatic amines is 1. The average molecular weight is 448 g/mol. The largest absolute Gasteiger partial charge is 0.367 e. The molecule has 0 aliphatic carbocycles. The summed E-state index contributed by atoms with van der Waals surface area (Å²) < 4.78 is 0. The number of imide groups is 1. The lowest BCUT2D eigenvalue weighted by atomic mass is 10.1.